The molecule has 0 saturated carbocycles. The van der Waals surface area contributed by atoms with Crippen molar-refractivity contribution in [3.63, 3.8) is 0 Å². The van der Waals surface area contributed by atoms with E-state index in [0.717, 1.165) is 30.8 Å². The van der Waals surface area contributed by atoms with Gasteiger partial charge >= 0.3 is 0 Å². The molecular weight excluding hydrogens is 284 g/mol. The first kappa shape index (κ1) is 20.3. The predicted octanol–water partition coefficient (Wildman–Crippen LogP) is 4.55. The normalized spacial score (nSPS) is 23.1. The number of amidine groups is 1. The van der Waals surface area contributed by atoms with E-state index >= 15 is 0 Å². The Morgan fingerprint density at radius 1 is 0.957 bits per heavy atom. The smallest absolute Gasteiger partial charge is 0.218 e. The van der Waals surface area contributed by atoms with E-state index < -0.39 is 0 Å². The first-order valence-electron chi connectivity index (χ1n) is 9.84. The Morgan fingerprint density at radius 3 is 1.83 bits per heavy atom. The summed E-state index contributed by atoms with van der Waals surface area (Å²) in [6.45, 7) is 11.8. The molecule has 134 valence electrons. The molecule has 0 bridgehead atoms. The van der Waals surface area contributed by atoms with Gasteiger partial charge in [-0.3, -0.25) is 0 Å². The fraction of sp³-hybridized carbons (Fsp3) is 0.895. The van der Waals surface area contributed by atoms with Gasteiger partial charge in [0.25, 0.3) is 0 Å². The molecule has 2 N–H and O–H groups in total. The molecule has 4 heteroatoms. The molecule has 0 aromatic heterocycles. The highest BCUT2D eigenvalue weighted by atomic mass is 15.7. The SMILES string of the molecule is CCCCC(CC)C[N+]1(CC(CC)CCCC)C=NC(CN)=N1. The number of nitrogens with two attached hydrogens (primary N) is 1. The van der Waals surface area contributed by atoms with Crippen LogP contribution in [0.25, 0.3) is 0 Å². The number of quaternary nitrogens is 1. The quantitative estimate of drug-likeness (QED) is 0.497. The summed E-state index contributed by atoms with van der Waals surface area (Å²) in [6, 6.07) is 0. The van der Waals surface area contributed by atoms with Crippen molar-refractivity contribution < 1.29 is 4.59 Å². The zero-order chi connectivity index (χ0) is 17.1. The summed E-state index contributed by atoms with van der Waals surface area (Å²) in [4.78, 5) is 4.52. The van der Waals surface area contributed by atoms with Gasteiger partial charge in [-0.1, -0.05) is 58.5 Å². The summed E-state index contributed by atoms with van der Waals surface area (Å²) >= 11 is 0. The van der Waals surface area contributed by atoms with Gasteiger partial charge in [-0.05, 0) is 25.7 Å². The maximum absolute atomic E-state index is 5.79. The first-order chi connectivity index (χ1) is 11.1. The third kappa shape index (κ3) is 6.72. The summed E-state index contributed by atoms with van der Waals surface area (Å²) in [5.74, 6) is 2.28. The van der Waals surface area contributed by atoms with Crippen molar-refractivity contribution in [2.24, 2.45) is 27.7 Å². The summed E-state index contributed by atoms with van der Waals surface area (Å²) < 4.78 is 0.691. The van der Waals surface area contributed by atoms with E-state index in [4.69, 9.17) is 10.8 Å². The molecule has 0 saturated heterocycles. The molecule has 1 aliphatic rings. The van der Waals surface area contributed by atoms with Crippen LogP contribution in [0.2, 0.25) is 0 Å². The van der Waals surface area contributed by atoms with Crippen molar-refractivity contribution >= 4 is 12.2 Å². The maximum Gasteiger partial charge on any atom is 0.218 e. The van der Waals surface area contributed by atoms with E-state index in [9.17, 15) is 0 Å². The topological polar surface area (TPSA) is 50.7 Å². The lowest BCUT2D eigenvalue weighted by Gasteiger charge is -2.31. The second kappa shape index (κ2) is 10.9. The maximum atomic E-state index is 5.79. The van der Waals surface area contributed by atoms with Crippen molar-refractivity contribution in [2.45, 2.75) is 79.1 Å². The Morgan fingerprint density at radius 2 is 1.48 bits per heavy atom. The van der Waals surface area contributed by atoms with Crippen LogP contribution in [0.3, 0.4) is 0 Å². The standard InChI is InChI=1S/C19H39N4/c1-5-9-11-17(7-3)14-23(16-21-19(13-20)22-23)15-18(8-4)12-10-6-2/h16-18H,5-15,20H2,1-4H3/q+1. The van der Waals surface area contributed by atoms with Gasteiger partial charge in [0, 0.05) is 11.8 Å². The second-order valence-corrected chi connectivity index (χ2v) is 7.15. The molecular formula is C19H39N4+. The number of hydrogen-bond acceptors (Lipinski definition) is 3. The van der Waals surface area contributed by atoms with Crippen LogP contribution in [-0.2, 0) is 0 Å². The number of unbranched alkanes of at least 4 members (excludes halogenated alkanes) is 2. The van der Waals surface area contributed by atoms with Crippen LogP contribution in [0.1, 0.15) is 79.1 Å². The summed E-state index contributed by atoms with van der Waals surface area (Å²) in [5.41, 5.74) is 5.79. The molecule has 0 amide bonds. The molecule has 0 radical (unpaired) electrons. The Balaban J connectivity index is 2.82. The highest BCUT2D eigenvalue weighted by Gasteiger charge is 2.36. The lowest BCUT2D eigenvalue weighted by atomic mass is 9.95. The highest BCUT2D eigenvalue weighted by Crippen LogP contribution is 2.26. The molecule has 23 heavy (non-hydrogen) atoms. The second-order valence-electron chi connectivity index (χ2n) is 7.15. The van der Waals surface area contributed by atoms with Gasteiger partial charge in [0.15, 0.2) is 0 Å². The number of nitrogens with zero attached hydrogens (tertiary/aromatic N) is 3. The summed E-state index contributed by atoms with van der Waals surface area (Å²) in [7, 11) is 0. The highest BCUT2D eigenvalue weighted by molar-refractivity contribution is 5.91. The lowest BCUT2D eigenvalue weighted by molar-refractivity contribution is -0.847. The van der Waals surface area contributed by atoms with Gasteiger partial charge in [0.05, 0.1) is 6.54 Å². The first-order valence-corrected chi connectivity index (χ1v) is 9.84. The van der Waals surface area contributed by atoms with Crippen molar-refractivity contribution in [3.05, 3.63) is 0 Å². The van der Waals surface area contributed by atoms with Gasteiger partial charge in [0.2, 0.25) is 12.2 Å². The molecule has 0 fully saturated rings. The number of hydrogen-bond donors (Lipinski definition) is 1. The van der Waals surface area contributed by atoms with Crippen LogP contribution in [-0.4, -0.2) is 36.4 Å². The Bertz CT molecular complexity index is 358. The molecule has 2 atom stereocenters. The molecule has 0 aromatic carbocycles. The van der Waals surface area contributed by atoms with Crippen molar-refractivity contribution in [1.82, 2.24) is 0 Å². The average molecular weight is 324 g/mol. The van der Waals surface area contributed by atoms with Gasteiger partial charge < -0.3 is 5.73 Å². The van der Waals surface area contributed by atoms with E-state index in [1.165, 1.54) is 51.4 Å². The Kier molecular flexibility index (Phi) is 9.65. The Hall–Kier alpha value is -0.740. The Labute approximate surface area is 143 Å². The van der Waals surface area contributed by atoms with E-state index in [0.29, 0.717) is 11.1 Å². The third-order valence-corrected chi connectivity index (χ3v) is 5.15. The van der Waals surface area contributed by atoms with Crippen molar-refractivity contribution in [3.8, 4) is 0 Å². The largest absolute Gasteiger partial charge is 0.324 e. The molecule has 4 nitrogen and oxygen atoms in total. The average Bonchev–Trinajstić information content (AvgIpc) is 2.98. The van der Waals surface area contributed by atoms with Crippen molar-refractivity contribution in [1.29, 1.82) is 0 Å². The zero-order valence-corrected chi connectivity index (χ0v) is 15.9. The van der Waals surface area contributed by atoms with Crippen LogP contribution in [0.4, 0.5) is 0 Å². The molecule has 0 aromatic rings. The van der Waals surface area contributed by atoms with E-state index in [2.05, 4.69) is 39.0 Å². The molecule has 1 aliphatic heterocycles. The van der Waals surface area contributed by atoms with E-state index in [-0.39, 0.29) is 0 Å². The molecule has 2 unspecified atom stereocenters. The van der Waals surface area contributed by atoms with E-state index in [1.807, 2.05) is 0 Å². The fourth-order valence-electron chi connectivity index (χ4n) is 3.53. The number of rotatable bonds is 13. The monoisotopic (exact) mass is 323 g/mol. The molecule has 0 spiro atoms. The zero-order valence-electron chi connectivity index (χ0n) is 15.9. The number of aliphatic imine (C=N–C) groups is 1. The van der Waals surface area contributed by atoms with Gasteiger partial charge in [-0.15, -0.1) is 0 Å². The predicted molar refractivity (Wildman–Crippen MR) is 102 cm³/mol. The van der Waals surface area contributed by atoms with Crippen LogP contribution in [0, 0.1) is 11.8 Å². The molecule has 0 aliphatic carbocycles. The van der Waals surface area contributed by atoms with E-state index in [1.54, 1.807) is 0 Å². The third-order valence-electron chi connectivity index (χ3n) is 5.15. The summed E-state index contributed by atoms with van der Waals surface area (Å²) in [6.07, 6.45) is 12.3. The van der Waals surface area contributed by atoms with Crippen LogP contribution in [0.15, 0.2) is 10.1 Å². The lowest BCUT2D eigenvalue weighted by Crippen LogP contribution is -2.47. The van der Waals surface area contributed by atoms with Crippen LogP contribution < -0.4 is 5.73 Å². The summed E-state index contributed by atoms with van der Waals surface area (Å²) in [5, 5.41) is 4.94. The van der Waals surface area contributed by atoms with Crippen LogP contribution >= 0.6 is 0 Å². The molecule has 1 rings (SSSR count). The minimum atomic E-state index is 0.452. The van der Waals surface area contributed by atoms with Crippen LogP contribution in [0.5, 0.6) is 0 Å². The fourth-order valence-corrected chi connectivity index (χ4v) is 3.53. The molecule has 1 heterocycles. The minimum Gasteiger partial charge on any atom is -0.324 e. The van der Waals surface area contributed by atoms with Gasteiger partial charge in [-0.25, -0.2) is 0 Å². The van der Waals surface area contributed by atoms with Gasteiger partial charge in [0.1, 0.15) is 13.1 Å². The van der Waals surface area contributed by atoms with Crippen molar-refractivity contribution in [2.75, 3.05) is 19.6 Å². The van der Waals surface area contributed by atoms with Gasteiger partial charge in [-0.2, -0.15) is 9.58 Å². The minimum absolute atomic E-state index is 0.452.